The number of aromatic nitrogens is 2. The van der Waals surface area contributed by atoms with Gasteiger partial charge in [0.2, 0.25) is 0 Å². The molecule has 0 atom stereocenters. The van der Waals surface area contributed by atoms with E-state index in [-0.39, 0.29) is 15.9 Å². The summed E-state index contributed by atoms with van der Waals surface area (Å²) in [6, 6.07) is 13.9. The Morgan fingerprint density at radius 1 is 1.15 bits per heavy atom. The zero-order valence-electron chi connectivity index (χ0n) is 13.7. The summed E-state index contributed by atoms with van der Waals surface area (Å²) in [6.45, 7) is 1.88. The van der Waals surface area contributed by atoms with Gasteiger partial charge in [-0.25, -0.2) is 4.79 Å². The molecule has 6 nitrogen and oxygen atoms in total. The Hall–Kier alpha value is -3.50. The minimum atomic E-state index is -1.01. The first-order valence-electron chi connectivity index (χ1n) is 7.62. The fourth-order valence-corrected chi connectivity index (χ4v) is 2.91. The number of aromatic amines is 2. The van der Waals surface area contributed by atoms with Gasteiger partial charge >= 0.3 is 5.97 Å². The van der Waals surface area contributed by atoms with E-state index in [1.165, 1.54) is 0 Å². The van der Waals surface area contributed by atoms with Crippen LogP contribution < -0.4 is 5.56 Å². The van der Waals surface area contributed by atoms with E-state index in [9.17, 15) is 20.0 Å². The predicted octanol–water partition coefficient (Wildman–Crippen LogP) is 3.64. The molecule has 2 aromatic carbocycles. The molecule has 0 saturated carbocycles. The first kappa shape index (κ1) is 17.3. The third kappa shape index (κ3) is 3.18. The number of aryl methyl sites for hydroxylation is 1. The van der Waals surface area contributed by atoms with Gasteiger partial charge < -0.3 is 10.1 Å². The minimum absolute atomic E-state index is 0.0632. The summed E-state index contributed by atoms with van der Waals surface area (Å²) in [5.74, 6) is -1.01. The molecule has 1 heterocycles. The molecule has 0 unspecified atom stereocenters. The minimum Gasteiger partial charge on any atom is -0.478 e. The van der Waals surface area contributed by atoms with Crippen molar-refractivity contribution < 1.29 is 9.90 Å². The van der Waals surface area contributed by atoms with Crippen molar-refractivity contribution in [3.8, 4) is 28.5 Å². The maximum Gasteiger partial charge on any atom is 0.335 e. The number of nitrogens with zero attached hydrogens (tertiary/aromatic N) is 1. The molecule has 26 heavy (non-hydrogen) atoms. The van der Waals surface area contributed by atoms with Gasteiger partial charge in [0, 0.05) is 5.56 Å². The van der Waals surface area contributed by atoms with Gasteiger partial charge in [0.1, 0.15) is 11.6 Å². The lowest BCUT2D eigenvalue weighted by Crippen LogP contribution is -2.13. The molecule has 0 spiro atoms. The molecule has 1 aromatic heterocycles. The lowest BCUT2D eigenvalue weighted by atomic mass is 9.95. The standard InChI is InChI=1S/C19H13N3O3S/c1-10-5-6-13(18(24)25)8-14(10)11-3-2-4-12(7-11)16-15(9-20)17(23)22-19(26)21-16/h2-8H,1H3,(H,24,25)(H2,21,22,23,26). The average Bonchev–Trinajstić information content (AvgIpc) is 2.61. The molecule has 3 rings (SSSR count). The fraction of sp³-hybridized carbons (Fsp3) is 0.0526. The van der Waals surface area contributed by atoms with Crippen molar-refractivity contribution in [1.29, 1.82) is 5.26 Å². The molecule has 0 amide bonds. The van der Waals surface area contributed by atoms with E-state index in [0.29, 0.717) is 11.3 Å². The number of carboxylic acids is 1. The smallest absolute Gasteiger partial charge is 0.335 e. The summed E-state index contributed by atoms with van der Waals surface area (Å²) in [4.78, 5) is 28.5. The normalized spacial score (nSPS) is 10.3. The van der Waals surface area contributed by atoms with Crippen molar-refractivity contribution in [1.82, 2.24) is 9.97 Å². The molecule has 0 radical (unpaired) electrons. The zero-order chi connectivity index (χ0) is 18.8. The van der Waals surface area contributed by atoms with Gasteiger partial charge in [0.25, 0.3) is 5.56 Å². The van der Waals surface area contributed by atoms with E-state index in [4.69, 9.17) is 12.2 Å². The van der Waals surface area contributed by atoms with Gasteiger partial charge in [-0.05, 0) is 54.0 Å². The molecule has 3 N–H and O–H groups in total. The molecular weight excluding hydrogens is 350 g/mol. The molecule has 0 aliphatic rings. The van der Waals surface area contributed by atoms with Gasteiger partial charge in [0.15, 0.2) is 4.77 Å². The van der Waals surface area contributed by atoms with Gasteiger partial charge in [-0.3, -0.25) is 9.78 Å². The largest absolute Gasteiger partial charge is 0.478 e. The van der Waals surface area contributed by atoms with E-state index in [1.54, 1.807) is 36.4 Å². The Morgan fingerprint density at radius 3 is 2.58 bits per heavy atom. The highest BCUT2D eigenvalue weighted by Crippen LogP contribution is 2.29. The molecule has 3 aromatic rings. The van der Waals surface area contributed by atoms with Crippen LogP contribution in [0.25, 0.3) is 22.4 Å². The van der Waals surface area contributed by atoms with Gasteiger partial charge in [-0.1, -0.05) is 24.3 Å². The molecule has 0 aliphatic carbocycles. The molecular formula is C19H13N3O3S. The van der Waals surface area contributed by atoms with E-state index in [1.807, 2.05) is 19.1 Å². The number of carbonyl (C=O) groups is 1. The van der Waals surface area contributed by atoms with E-state index in [0.717, 1.165) is 16.7 Å². The maximum atomic E-state index is 12.0. The van der Waals surface area contributed by atoms with Crippen molar-refractivity contribution in [2.45, 2.75) is 6.92 Å². The van der Waals surface area contributed by atoms with Crippen LogP contribution in [-0.2, 0) is 0 Å². The summed E-state index contributed by atoms with van der Waals surface area (Å²) >= 11 is 5.00. The summed E-state index contributed by atoms with van der Waals surface area (Å²) in [5.41, 5.74) is 2.94. The van der Waals surface area contributed by atoms with Gasteiger partial charge in [0.05, 0.1) is 11.3 Å². The van der Waals surface area contributed by atoms with Crippen molar-refractivity contribution in [3.63, 3.8) is 0 Å². The van der Waals surface area contributed by atoms with Crippen molar-refractivity contribution in [3.05, 3.63) is 74.3 Å². The first-order chi connectivity index (χ1) is 12.4. The Morgan fingerprint density at radius 2 is 1.88 bits per heavy atom. The van der Waals surface area contributed by atoms with Crippen LogP contribution in [0.3, 0.4) is 0 Å². The molecule has 7 heteroatoms. The Bertz CT molecular complexity index is 1190. The highest BCUT2D eigenvalue weighted by atomic mass is 32.1. The second-order valence-electron chi connectivity index (χ2n) is 5.69. The average molecular weight is 363 g/mol. The monoisotopic (exact) mass is 363 g/mol. The summed E-state index contributed by atoms with van der Waals surface area (Å²) in [5, 5.41) is 18.5. The Kier molecular flexibility index (Phi) is 4.52. The van der Waals surface area contributed by atoms with Crippen LogP contribution in [0, 0.1) is 23.0 Å². The van der Waals surface area contributed by atoms with Crippen LogP contribution in [0.5, 0.6) is 0 Å². The summed E-state index contributed by atoms with van der Waals surface area (Å²) in [6.07, 6.45) is 0. The topological polar surface area (TPSA) is 110 Å². The van der Waals surface area contributed by atoms with Crippen LogP contribution in [-0.4, -0.2) is 21.0 Å². The Labute approximate surface area is 153 Å². The van der Waals surface area contributed by atoms with Crippen molar-refractivity contribution >= 4 is 18.2 Å². The Balaban J connectivity index is 2.22. The van der Waals surface area contributed by atoms with E-state index in [2.05, 4.69) is 9.97 Å². The third-order valence-electron chi connectivity index (χ3n) is 4.00. The summed E-state index contributed by atoms with van der Waals surface area (Å²) < 4.78 is 0.124. The van der Waals surface area contributed by atoms with Crippen molar-refractivity contribution in [2.75, 3.05) is 0 Å². The highest BCUT2D eigenvalue weighted by Gasteiger charge is 2.13. The van der Waals surface area contributed by atoms with Crippen LogP contribution in [0.2, 0.25) is 0 Å². The number of aromatic carboxylic acids is 1. The van der Waals surface area contributed by atoms with E-state index < -0.39 is 11.5 Å². The second kappa shape index (κ2) is 6.78. The molecule has 0 bridgehead atoms. The number of nitriles is 1. The lowest BCUT2D eigenvalue weighted by Gasteiger charge is -2.10. The fourth-order valence-electron chi connectivity index (χ4n) is 2.72. The number of benzene rings is 2. The molecule has 0 aliphatic heterocycles. The van der Waals surface area contributed by atoms with Crippen LogP contribution in [0.15, 0.2) is 47.3 Å². The van der Waals surface area contributed by atoms with Crippen LogP contribution in [0.4, 0.5) is 0 Å². The van der Waals surface area contributed by atoms with Crippen molar-refractivity contribution in [2.24, 2.45) is 0 Å². The van der Waals surface area contributed by atoms with Gasteiger partial charge in [-0.15, -0.1) is 0 Å². The summed E-state index contributed by atoms with van der Waals surface area (Å²) in [7, 11) is 0. The second-order valence-corrected chi connectivity index (χ2v) is 6.09. The zero-order valence-corrected chi connectivity index (χ0v) is 14.5. The first-order valence-corrected chi connectivity index (χ1v) is 8.03. The molecule has 0 fully saturated rings. The lowest BCUT2D eigenvalue weighted by molar-refractivity contribution is 0.0697. The van der Waals surface area contributed by atoms with E-state index >= 15 is 0 Å². The number of rotatable bonds is 3. The third-order valence-corrected chi connectivity index (χ3v) is 4.21. The number of nitrogens with one attached hydrogen (secondary N) is 2. The van der Waals surface area contributed by atoms with Crippen LogP contribution >= 0.6 is 12.2 Å². The molecule has 128 valence electrons. The quantitative estimate of drug-likeness (QED) is 0.615. The number of carboxylic acid groups (broad SMARTS) is 1. The maximum absolute atomic E-state index is 12.0. The number of hydrogen-bond donors (Lipinski definition) is 3. The number of hydrogen-bond acceptors (Lipinski definition) is 4. The predicted molar refractivity (Wildman–Crippen MR) is 99.5 cm³/mol. The number of H-pyrrole nitrogens is 2. The SMILES string of the molecule is Cc1ccc(C(=O)O)cc1-c1cccc(-c2[nH]c(=S)[nH]c(=O)c2C#N)c1. The van der Waals surface area contributed by atoms with Gasteiger partial charge in [-0.2, -0.15) is 5.26 Å². The highest BCUT2D eigenvalue weighted by molar-refractivity contribution is 7.71. The molecule has 0 saturated heterocycles. The van der Waals surface area contributed by atoms with Crippen LogP contribution in [0.1, 0.15) is 21.5 Å².